The Kier molecular flexibility index (Phi) is 11.2. The van der Waals surface area contributed by atoms with Crippen LogP contribution in [0.15, 0.2) is 35.3 Å². The standard InChI is InChI=1S/C31H43ClN4S/c1-3-4-5-6-7-8-9-10-11-12-13-14-15-16-19-25-22-27-30(26-20-17-18-21-28(26)32)33-23-29-35-34-24(2)36(29)31(27)37-25/h17-18,20-22H,3-16,19,23H2,1-2H3. The molecule has 4 rings (SSSR count). The van der Waals surface area contributed by atoms with Crippen molar-refractivity contribution in [3.8, 4) is 5.00 Å². The molecule has 4 nitrogen and oxygen atoms in total. The lowest BCUT2D eigenvalue weighted by Gasteiger charge is -2.08. The number of thiophene rings is 1. The first-order valence-corrected chi connectivity index (χ1v) is 15.7. The smallest absolute Gasteiger partial charge is 0.160 e. The Balaban J connectivity index is 1.24. The fourth-order valence-electron chi connectivity index (χ4n) is 5.28. The van der Waals surface area contributed by atoms with Crippen molar-refractivity contribution in [1.29, 1.82) is 0 Å². The lowest BCUT2D eigenvalue weighted by atomic mass is 10.0. The maximum absolute atomic E-state index is 6.59. The van der Waals surface area contributed by atoms with Crippen LogP contribution >= 0.6 is 22.9 Å². The molecule has 3 heterocycles. The number of aromatic nitrogens is 3. The molecule has 2 aromatic heterocycles. The second-order valence-electron chi connectivity index (χ2n) is 10.4. The summed E-state index contributed by atoms with van der Waals surface area (Å²) >= 11 is 8.45. The Hall–Kier alpha value is -1.98. The van der Waals surface area contributed by atoms with E-state index in [0.29, 0.717) is 6.54 Å². The molecule has 1 aromatic carbocycles. The number of rotatable bonds is 16. The molecular formula is C31H43ClN4S. The van der Waals surface area contributed by atoms with Gasteiger partial charge in [0.1, 0.15) is 17.4 Å². The quantitative estimate of drug-likeness (QED) is 0.170. The van der Waals surface area contributed by atoms with E-state index in [0.717, 1.165) is 39.9 Å². The molecule has 0 atom stereocenters. The molecule has 0 unspecified atom stereocenters. The Bertz CT molecular complexity index is 1150. The molecule has 0 bridgehead atoms. The zero-order valence-corrected chi connectivity index (χ0v) is 24.3. The van der Waals surface area contributed by atoms with Crippen LogP contribution in [0, 0.1) is 6.92 Å². The predicted molar refractivity (Wildman–Crippen MR) is 159 cm³/mol. The van der Waals surface area contributed by atoms with Crippen LogP contribution in [0.5, 0.6) is 0 Å². The second-order valence-corrected chi connectivity index (χ2v) is 11.9. The van der Waals surface area contributed by atoms with Crippen molar-refractivity contribution in [2.45, 2.75) is 117 Å². The molecule has 3 aromatic rings. The first-order chi connectivity index (χ1) is 18.2. The van der Waals surface area contributed by atoms with E-state index >= 15 is 0 Å². The van der Waals surface area contributed by atoms with Gasteiger partial charge in [-0.25, -0.2) is 0 Å². The highest BCUT2D eigenvalue weighted by atomic mass is 35.5. The van der Waals surface area contributed by atoms with Crippen molar-refractivity contribution in [2.24, 2.45) is 4.99 Å². The van der Waals surface area contributed by atoms with Crippen LogP contribution in [0.1, 0.15) is 124 Å². The molecule has 1 aliphatic heterocycles. The minimum absolute atomic E-state index is 0.511. The maximum atomic E-state index is 6.59. The van der Waals surface area contributed by atoms with E-state index in [-0.39, 0.29) is 0 Å². The zero-order chi connectivity index (χ0) is 25.9. The molecular weight excluding hydrogens is 496 g/mol. The largest absolute Gasteiger partial charge is 0.276 e. The van der Waals surface area contributed by atoms with Crippen LogP contribution in [0.3, 0.4) is 0 Å². The van der Waals surface area contributed by atoms with Crippen LogP contribution in [0.4, 0.5) is 0 Å². The van der Waals surface area contributed by atoms with Gasteiger partial charge in [0.25, 0.3) is 0 Å². The van der Waals surface area contributed by atoms with Gasteiger partial charge in [0.2, 0.25) is 0 Å². The molecule has 0 fully saturated rings. The van der Waals surface area contributed by atoms with Gasteiger partial charge in [0.05, 0.1) is 5.71 Å². The summed E-state index contributed by atoms with van der Waals surface area (Å²) in [5.41, 5.74) is 3.11. The first kappa shape index (κ1) is 28.0. The lowest BCUT2D eigenvalue weighted by Crippen LogP contribution is -2.05. The molecule has 6 heteroatoms. The zero-order valence-electron chi connectivity index (χ0n) is 22.8. The third-order valence-corrected chi connectivity index (χ3v) is 8.91. The fraction of sp³-hybridized carbons (Fsp3) is 0.581. The predicted octanol–water partition coefficient (Wildman–Crippen LogP) is 9.67. The number of unbranched alkanes of at least 4 members (excludes halogenated alkanes) is 13. The average molecular weight is 539 g/mol. The molecule has 1 aliphatic rings. The number of aryl methyl sites for hydroxylation is 2. The van der Waals surface area contributed by atoms with E-state index in [1.807, 2.05) is 36.5 Å². The average Bonchev–Trinajstić information content (AvgIpc) is 3.44. The third-order valence-electron chi connectivity index (χ3n) is 7.40. The second kappa shape index (κ2) is 14.8. The highest BCUT2D eigenvalue weighted by Crippen LogP contribution is 2.35. The van der Waals surface area contributed by atoms with Gasteiger partial charge in [-0.1, -0.05) is 120 Å². The highest BCUT2D eigenvalue weighted by molar-refractivity contribution is 7.15. The number of nitrogens with zero attached hydrogens (tertiary/aromatic N) is 4. The van der Waals surface area contributed by atoms with Crippen molar-refractivity contribution in [3.63, 3.8) is 0 Å². The van der Waals surface area contributed by atoms with Gasteiger partial charge in [-0.05, 0) is 31.9 Å². The fourth-order valence-corrected chi connectivity index (χ4v) is 6.77. The summed E-state index contributed by atoms with van der Waals surface area (Å²) < 4.78 is 2.18. The number of fused-ring (bicyclic) bond motifs is 3. The first-order valence-electron chi connectivity index (χ1n) is 14.5. The summed E-state index contributed by atoms with van der Waals surface area (Å²) in [5, 5.41) is 10.6. The third kappa shape index (κ3) is 7.77. The normalized spacial score (nSPS) is 12.8. The Morgan fingerprint density at radius 2 is 1.43 bits per heavy atom. The van der Waals surface area contributed by atoms with Crippen molar-refractivity contribution in [1.82, 2.24) is 14.8 Å². The number of hydrogen-bond donors (Lipinski definition) is 0. The number of aliphatic imine (C=N–C) groups is 1. The number of hydrogen-bond acceptors (Lipinski definition) is 4. The SMILES string of the molecule is CCCCCCCCCCCCCCCCc1cc2c(s1)-n1c(C)nnc1CN=C2c1ccccc1Cl. The van der Waals surface area contributed by atoms with E-state index < -0.39 is 0 Å². The van der Waals surface area contributed by atoms with E-state index in [9.17, 15) is 0 Å². The summed E-state index contributed by atoms with van der Waals surface area (Å²) in [5.74, 6) is 1.81. The summed E-state index contributed by atoms with van der Waals surface area (Å²) in [4.78, 5) is 6.36. The van der Waals surface area contributed by atoms with Crippen LogP contribution in [0.2, 0.25) is 5.02 Å². The van der Waals surface area contributed by atoms with Crippen LogP contribution in [0.25, 0.3) is 5.00 Å². The van der Waals surface area contributed by atoms with Crippen molar-refractivity contribution < 1.29 is 0 Å². The summed E-state index contributed by atoms with van der Waals surface area (Å²) in [6.45, 7) is 4.82. The molecule has 0 amide bonds. The minimum atomic E-state index is 0.511. The molecule has 0 N–H and O–H groups in total. The van der Waals surface area contributed by atoms with E-state index in [1.165, 1.54) is 99.8 Å². The summed E-state index contributed by atoms with van der Waals surface area (Å²) in [6.07, 6.45) is 20.6. The molecule has 200 valence electrons. The van der Waals surface area contributed by atoms with Gasteiger partial charge >= 0.3 is 0 Å². The lowest BCUT2D eigenvalue weighted by molar-refractivity contribution is 0.536. The summed E-state index contributed by atoms with van der Waals surface area (Å²) in [6, 6.07) is 10.3. The Labute approximate surface area is 232 Å². The molecule has 0 saturated carbocycles. The molecule has 37 heavy (non-hydrogen) atoms. The van der Waals surface area contributed by atoms with Gasteiger partial charge in [0.15, 0.2) is 5.82 Å². The van der Waals surface area contributed by atoms with Gasteiger partial charge < -0.3 is 0 Å². The molecule has 0 spiro atoms. The highest BCUT2D eigenvalue weighted by Gasteiger charge is 2.25. The van der Waals surface area contributed by atoms with E-state index in [4.69, 9.17) is 16.6 Å². The van der Waals surface area contributed by atoms with Gasteiger partial charge in [-0.2, -0.15) is 0 Å². The van der Waals surface area contributed by atoms with Crippen LogP contribution in [-0.4, -0.2) is 20.5 Å². The summed E-state index contributed by atoms with van der Waals surface area (Å²) in [7, 11) is 0. The Morgan fingerprint density at radius 1 is 0.811 bits per heavy atom. The Morgan fingerprint density at radius 3 is 2.08 bits per heavy atom. The minimum Gasteiger partial charge on any atom is -0.276 e. The van der Waals surface area contributed by atoms with Gasteiger partial charge in [0, 0.05) is 21.0 Å². The molecule has 0 radical (unpaired) electrons. The van der Waals surface area contributed by atoms with Crippen molar-refractivity contribution >= 4 is 28.6 Å². The molecule has 0 aliphatic carbocycles. The van der Waals surface area contributed by atoms with Crippen molar-refractivity contribution in [2.75, 3.05) is 0 Å². The van der Waals surface area contributed by atoms with Gasteiger partial charge in [-0.3, -0.25) is 9.56 Å². The van der Waals surface area contributed by atoms with E-state index in [1.54, 1.807) is 0 Å². The van der Waals surface area contributed by atoms with E-state index in [2.05, 4.69) is 33.8 Å². The number of halogens is 1. The number of benzene rings is 1. The monoisotopic (exact) mass is 538 g/mol. The molecule has 0 saturated heterocycles. The van der Waals surface area contributed by atoms with Crippen molar-refractivity contribution in [3.05, 3.63) is 63.0 Å². The van der Waals surface area contributed by atoms with Crippen LogP contribution in [-0.2, 0) is 13.0 Å². The van der Waals surface area contributed by atoms with Crippen LogP contribution < -0.4 is 0 Å². The maximum Gasteiger partial charge on any atom is 0.160 e. The van der Waals surface area contributed by atoms with Gasteiger partial charge in [-0.15, -0.1) is 21.5 Å². The topological polar surface area (TPSA) is 43.1 Å².